The van der Waals surface area contributed by atoms with E-state index in [-0.39, 0.29) is 18.3 Å². The molecule has 1 aromatic heterocycles. The van der Waals surface area contributed by atoms with Gasteiger partial charge in [0.25, 0.3) is 5.91 Å². The Kier molecular flexibility index (Phi) is 6.49. The van der Waals surface area contributed by atoms with E-state index in [2.05, 4.69) is 14.9 Å². The van der Waals surface area contributed by atoms with Gasteiger partial charge in [-0.1, -0.05) is 6.07 Å². The maximum atomic E-state index is 13.2. The number of anilines is 1. The molecule has 7 nitrogen and oxygen atoms in total. The van der Waals surface area contributed by atoms with Crippen molar-refractivity contribution in [2.75, 3.05) is 44.8 Å². The molecule has 0 spiro atoms. The van der Waals surface area contributed by atoms with Crippen molar-refractivity contribution in [3.63, 3.8) is 0 Å². The zero-order valence-corrected chi connectivity index (χ0v) is 18.1. The molecule has 8 heteroatoms. The predicted octanol–water partition coefficient (Wildman–Crippen LogP) is 3.33. The van der Waals surface area contributed by atoms with Gasteiger partial charge < -0.3 is 19.3 Å². The highest BCUT2D eigenvalue weighted by Gasteiger charge is 2.23. The number of carbonyl (C=O) groups is 1. The summed E-state index contributed by atoms with van der Waals surface area (Å²) >= 11 is 0. The van der Waals surface area contributed by atoms with Crippen molar-refractivity contribution in [1.29, 1.82) is 0 Å². The summed E-state index contributed by atoms with van der Waals surface area (Å²) in [4.78, 5) is 25.2. The molecule has 0 radical (unpaired) electrons. The summed E-state index contributed by atoms with van der Waals surface area (Å²) in [6, 6.07) is 13.7. The summed E-state index contributed by atoms with van der Waals surface area (Å²) in [5, 5.41) is 0. The minimum Gasteiger partial charge on any atom is -0.493 e. The smallest absolute Gasteiger partial charge is 0.260 e. The molecule has 4 rings (SSSR count). The third-order valence-electron chi connectivity index (χ3n) is 5.42. The third-order valence-corrected chi connectivity index (χ3v) is 5.42. The van der Waals surface area contributed by atoms with Gasteiger partial charge in [-0.25, -0.2) is 14.4 Å². The molecule has 0 bridgehead atoms. The lowest BCUT2D eigenvalue weighted by atomic mass is 10.1. The normalized spacial score (nSPS) is 13.7. The second-order valence-corrected chi connectivity index (χ2v) is 7.58. The van der Waals surface area contributed by atoms with Crippen LogP contribution in [0.3, 0.4) is 0 Å². The Balaban J connectivity index is 1.33. The van der Waals surface area contributed by atoms with Crippen molar-refractivity contribution >= 4 is 11.7 Å². The molecule has 0 N–H and O–H groups in total. The highest BCUT2D eigenvalue weighted by molar-refractivity contribution is 5.78. The molecular weight excluding hydrogens is 411 g/mol. The Hall–Kier alpha value is -3.68. The quantitative estimate of drug-likeness (QED) is 0.591. The lowest BCUT2D eigenvalue weighted by Gasteiger charge is -2.35. The van der Waals surface area contributed by atoms with E-state index in [1.54, 1.807) is 24.1 Å². The van der Waals surface area contributed by atoms with Crippen LogP contribution in [0.4, 0.5) is 10.2 Å². The average Bonchev–Trinajstić information content (AvgIpc) is 2.83. The first-order valence-electron chi connectivity index (χ1n) is 10.4. The number of benzene rings is 2. The molecular formula is C24H25FN4O3. The molecule has 32 heavy (non-hydrogen) atoms. The van der Waals surface area contributed by atoms with Gasteiger partial charge in [-0.15, -0.1) is 0 Å². The second-order valence-electron chi connectivity index (χ2n) is 7.58. The van der Waals surface area contributed by atoms with Crippen LogP contribution in [0.25, 0.3) is 11.3 Å². The van der Waals surface area contributed by atoms with Gasteiger partial charge in [-0.05, 0) is 48.9 Å². The molecule has 1 amide bonds. The largest absolute Gasteiger partial charge is 0.493 e. The van der Waals surface area contributed by atoms with Crippen molar-refractivity contribution in [3.05, 3.63) is 66.2 Å². The van der Waals surface area contributed by atoms with Crippen LogP contribution in [0, 0.1) is 12.7 Å². The van der Waals surface area contributed by atoms with E-state index in [1.807, 2.05) is 31.2 Å². The zero-order valence-electron chi connectivity index (χ0n) is 18.1. The number of carbonyl (C=O) groups excluding carboxylic acids is 1. The Morgan fingerprint density at radius 1 is 1.00 bits per heavy atom. The maximum Gasteiger partial charge on any atom is 0.260 e. The highest BCUT2D eigenvalue weighted by Crippen LogP contribution is 2.28. The first-order valence-corrected chi connectivity index (χ1v) is 10.4. The molecule has 0 atom stereocenters. The van der Waals surface area contributed by atoms with Crippen molar-refractivity contribution < 1.29 is 18.7 Å². The van der Waals surface area contributed by atoms with Gasteiger partial charge in [-0.2, -0.15) is 0 Å². The summed E-state index contributed by atoms with van der Waals surface area (Å²) in [6.45, 7) is 4.38. The fourth-order valence-electron chi connectivity index (χ4n) is 3.61. The van der Waals surface area contributed by atoms with Gasteiger partial charge in [0.15, 0.2) is 18.1 Å². The number of hydrogen-bond donors (Lipinski definition) is 0. The number of hydrogen-bond acceptors (Lipinski definition) is 6. The molecule has 3 aromatic rings. The molecule has 0 aliphatic carbocycles. The van der Waals surface area contributed by atoms with Crippen LogP contribution in [0.2, 0.25) is 0 Å². The van der Waals surface area contributed by atoms with Crippen LogP contribution in [0.5, 0.6) is 11.5 Å². The number of aryl methyl sites for hydroxylation is 1. The fourth-order valence-corrected chi connectivity index (χ4v) is 3.61. The van der Waals surface area contributed by atoms with Gasteiger partial charge in [-0.3, -0.25) is 4.79 Å². The van der Waals surface area contributed by atoms with Crippen molar-refractivity contribution in [3.8, 4) is 22.8 Å². The summed E-state index contributed by atoms with van der Waals surface area (Å²) in [5.74, 6) is 1.60. The van der Waals surface area contributed by atoms with Crippen LogP contribution in [-0.2, 0) is 4.79 Å². The Bertz CT molecular complexity index is 1080. The molecule has 166 valence electrons. The van der Waals surface area contributed by atoms with Crippen LogP contribution in [-0.4, -0.2) is 60.7 Å². The molecule has 0 unspecified atom stereocenters. The van der Waals surface area contributed by atoms with E-state index in [9.17, 15) is 9.18 Å². The Morgan fingerprint density at radius 2 is 1.75 bits per heavy atom. The Labute approximate surface area is 186 Å². The third kappa shape index (κ3) is 4.96. The number of methoxy groups -OCH3 is 1. The molecule has 2 aromatic carbocycles. The average molecular weight is 436 g/mol. The molecule has 1 aliphatic heterocycles. The van der Waals surface area contributed by atoms with E-state index in [0.29, 0.717) is 37.7 Å². The zero-order chi connectivity index (χ0) is 22.5. The van der Waals surface area contributed by atoms with Crippen molar-refractivity contribution in [2.45, 2.75) is 6.92 Å². The lowest BCUT2D eigenvalue weighted by molar-refractivity contribution is -0.133. The van der Waals surface area contributed by atoms with Crippen LogP contribution in [0.1, 0.15) is 5.56 Å². The number of ether oxygens (including phenoxy) is 2. The number of piperazine rings is 1. The fraction of sp³-hybridized carbons (Fsp3) is 0.292. The van der Waals surface area contributed by atoms with Gasteiger partial charge >= 0.3 is 0 Å². The predicted molar refractivity (Wildman–Crippen MR) is 119 cm³/mol. The summed E-state index contributed by atoms with van der Waals surface area (Å²) in [6.07, 6.45) is 1.51. The number of amides is 1. The number of aromatic nitrogens is 2. The molecule has 1 saturated heterocycles. The SMILES string of the molecule is COc1cc(C)ccc1OCC(=O)N1CCN(c2cc(-c3ccc(F)cc3)ncn2)CC1. The Morgan fingerprint density at radius 3 is 2.47 bits per heavy atom. The first-order chi connectivity index (χ1) is 15.5. The van der Waals surface area contributed by atoms with E-state index in [1.165, 1.54) is 18.5 Å². The second kappa shape index (κ2) is 9.64. The standard InChI is InChI=1S/C24H25FN4O3/c1-17-3-8-21(22(13-17)31-2)32-15-24(30)29-11-9-28(10-12-29)23-14-20(26-16-27-23)18-4-6-19(25)7-5-18/h3-8,13-14,16H,9-12,15H2,1-2H3. The van der Waals surface area contributed by atoms with Crippen molar-refractivity contribution in [2.24, 2.45) is 0 Å². The topological polar surface area (TPSA) is 67.8 Å². The summed E-state index contributed by atoms with van der Waals surface area (Å²) in [5.41, 5.74) is 2.62. The minimum absolute atomic E-state index is 0.0400. The summed E-state index contributed by atoms with van der Waals surface area (Å²) < 4.78 is 24.2. The minimum atomic E-state index is -0.284. The maximum absolute atomic E-state index is 13.2. The van der Waals surface area contributed by atoms with E-state index in [4.69, 9.17) is 9.47 Å². The van der Waals surface area contributed by atoms with Crippen LogP contribution in [0.15, 0.2) is 54.9 Å². The molecule has 0 saturated carbocycles. The monoisotopic (exact) mass is 436 g/mol. The lowest BCUT2D eigenvalue weighted by Crippen LogP contribution is -2.50. The van der Waals surface area contributed by atoms with Gasteiger partial charge in [0.2, 0.25) is 0 Å². The molecule has 1 aliphatic rings. The van der Waals surface area contributed by atoms with Crippen LogP contribution >= 0.6 is 0 Å². The number of nitrogens with zero attached hydrogens (tertiary/aromatic N) is 4. The highest BCUT2D eigenvalue weighted by atomic mass is 19.1. The van der Waals surface area contributed by atoms with E-state index in [0.717, 1.165) is 22.6 Å². The number of rotatable bonds is 6. The van der Waals surface area contributed by atoms with Gasteiger partial charge in [0, 0.05) is 37.8 Å². The van der Waals surface area contributed by atoms with Gasteiger partial charge in [0.1, 0.15) is 18.0 Å². The van der Waals surface area contributed by atoms with Crippen molar-refractivity contribution in [1.82, 2.24) is 14.9 Å². The molecule has 2 heterocycles. The molecule has 1 fully saturated rings. The van der Waals surface area contributed by atoms with E-state index >= 15 is 0 Å². The van der Waals surface area contributed by atoms with E-state index < -0.39 is 0 Å². The summed E-state index contributed by atoms with van der Waals surface area (Å²) in [7, 11) is 1.58. The van der Waals surface area contributed by atoms with Crippen LogP contribution < -0.4 is 14.4 Å². The number of halogens is 1. The first kappa shape index (κ1) is 21.5. The van der Waals surface area contributed by atoms with Gasteiger partial charge in [0.05, 0.1) is 12.8 Å².